The van der Waals surface area contributed by atoms with Gasteiger partial charge in [0, 0.05) is 25.7 Å². The average molecular weight is 723 g/mol. The Balaban J connectivity index is 1.57. The topological polar surface area (TPSA) is 199 Å². The summed E-state index contributed by atoms with van der Waals surface area (Å²) in [4.78, 5) is 61.3. The molecule has 3 aromatic rings. The van der Waals surface area contributed by atoms with Crippen molar-refractivity contribution in [1.29, 1.82) is 0 Å². The molecule has 4 rings (SSSR count). The van der Waals surface area contributed by atoms with Gasteiger partial charge in [-0.15, -0.1) is 0 Å². The summed E-state index contributed by atoms with van der Waals surface area (Å²) in [5.41, 5.74) is 8.02. The van der Waals surface area contributed by atoms with Crippen LogP contribution in [0.4, 0.5) is 5.82 Å². The molecule has 3 unspecified atom stereocenters. The van der Waals surface area contributed by atoms with Gasteiger partial charge in [0.15, 0.2) is 5.82 Å². The van der Waals surface area contributed by atoms with E-state index in [9.17, 15) is 23.7 Å². The van der Waals surface area contributed by atoms with Crippen LogP contribution in [0.25, 0.3) is 0 Å². The second kappa shape index (κ2) is 18.9. The molecule has 51 heavy (non-hydrogen) atoms. The number of aliphatic imine (C=N–C) groups is 1. The van der Waals surface area contributed by atoms with Crippen molar-refractivity contribution in [3.8, 4) is 0 Å². The Morgan fingerprint density at radius 3 is 2.04 bits per heavy atom. The number of guanidine groups is 1. The number of hydrogen-bond donors (Lipinski definition) is 4. The highest BCUT2D eigenvalue weighted by Gasteiger charge is 2.37. The third-order valence-electron chi connectivity index (χ3n) is 8.36. The first-order chi connectivity index (χ1) is 24.6. The molecule has 1 aromatic heterocycles. The highest BCUT2D eigenvalue weighted by atomic mass is 31.2. The molecule has 0 bridgehead atoms. The van der Waals surface area contributed by atoms with Crippen LogP contribution in [0, 0.1) is 6.92 Å². The van der Waals surface area contributed by atoms with Crippen LogP contribution in [-0.4, -0.2) is 89.2 Å². The van der Waals surface area contributed by atoms with Gasteiger partial charge >= 0.3 is 11.9 Å². The maximum absolute atomic E-state index is 15.0. The highest BCUT2D eigenvalue weighted by molar-refractivity contribution is 7.60. The number of amides is 2. The predicted octanol–water partition coefficient (Wildman–Crippen LogP) is 2.77. The Kier molecular flexibility index (Phi) is 14.5. The van der Waals surface area contributed by atoms with Crippen LogP contribution < -0.4 is 21.2 Å². The summed E-state index contributed by atoms with van der Waals surface area (Å²) in [7, 11) is -3.89. The minimum absolute atomic E-state index is 0.0849. The fraction of sp³-hybridized carbons (Fsp3) is 0.429. The van der Waals surface area contributed by atoms with Gasteiger partial charge in [-0.1, -0.05) is 60.7 Å². The second-order valence-corrected chi connectivity index (χ2v) is 14.5. The second-order valence-electron chi connectivity index (χ2n) is 12.1. The normalized spacial score (nSPS) is 16.9. The van der Waals surface area contributed by atoms with E-state index in [1.807, 2.05) is 65.2 Å². The third-order valence-corrected chi connectivity index (χ3v) is 10.7. The molecule has 1 fully saturated rings. The lowest BCUT2D eigenvalue weighted by molar-refractivity contribution is -0.145. The number of nitrogens with zero attached hydrogens (tertiary/aromatic N) is 4. The predicted molar refractivity (Wildman–Crippen MR) is 192 cm³/mol. The van der Waals surface area contributed by atoms with E-state index in [2.05, 4.69) is 25.5 Å². The van der Waals surface area contributed by atoms with Crippen LogP contribution >= 0.6 is 7.44 Å². The minimum atomic E-state index is -3.89. The molecule has 0 radical (unpaired) electrons. The summed E-state index contributed by atoms with van der Waals surface area (Å²) in [6, 6.07) is 16.2. The molecule has 274 valence electrons. The van der Waals surface area contributed by atoms with E-state index in [1.54, 1.807) is 32.0 Å². The maximum Gasteiger partial charge on any atom is 0.323 e. The van der Waals surface area contributed by atoms with E-state index in [0.717, 1.165) is 11.1 Å². The lowest BCUT2D eigenvalue weighted by Gasteiger charge is -2.29. The van der Waals surface area contributed by atoms with Crippen LogP contribution in [0.3, 0.4) is 0 Å². The number of hydrogen-bond acceptors (Lipinski definition) is 9. The van der Waals surface area contributed by atoms with Crippen molar-refractivity contribution in [3.63, 3.8) is 0 Å². The van der Waals surface area contributed by atoms with Crippen molar-refractivity contribution in [2.45, 2.75) is 64.6 Å². The molecule has 1 aliphatic heterocycles. The molecule has 15 nitrogen and oxygen atoms in total. The summed E-state index contributed by atoms with van der Waals surface area (Å²) >= 11 is 0. The number of nitrogens with one attached hydrogen (secondary N) is 3. The first-order valence-corrected chi connectivity index (χ1v) is 18.9. The number of aryl methyl sites for hydroxylation is 1. The van der Waals surface area contributed by atoms with E-state index in [-0.39, 0.29) is 56.5 Å². The Hall–Kier alpha value is -4.85. The number of ether oxygens (including phenoxy) is 2. The molecule has 16 heteroatoms. The molecule has 1 aliphatic rings. The number of imidazole rings is 1. The van der Waals surface area contributed by atoms with Crippen molar-refractivity contribution < 1.29 is 33.2 Å². The van der Waals surface area contributed by atoms with E-state index in [4.69, 9.17) is 15.2 Å². The first kappa shape index (κ1) is 38.9. The van der Waals surface area contributed by atoms with Crippen LogP contribution in [0.1, 0.15) is 49.6 Å². The number of aromatic nitrogens is 2. The zero-order valence-corrected chi connectivity index (χ0v) is 30.1. The Morgan fingerprint density at radius 2 is 1.53 bits per heavy atom. The van der Waals surface area contributed by atoms with Gasteiger partial charge in [0.05, 0.1) is 31.3 Å². The Labute approximate surface area is 297 Å². The average Bonchev–Trinajstić information content (AvgIpc) is 3.75. The zero-order chi connectivity index (χ0) is 36.8. The molecule has 0 aliphatic carbocycles. The third kappa shape index (κ3) is 11.3. The molecule has 2 amide bonds. The molecule has 1 saturated heterocycles. The van der Waals surface area contributed by atoms with Gasteiger partial charge < -0.3 is 24.7 Å². The van der Waals surface area contributed by atoms with Gasteiger partial charge in [0.1, 0.15) is 12.1 Å². The number of esters is 2. The maximum atomic E-state index is 15.0. The number of likely N-dealkylation sites (tertiary alicyclic amines) is 1. The number of carbonyl (C=O) groups excluding carboxylic acids is 4. The number of nitrogens with two attached hydrogens (primary N) is 1. The van der Waals surface area contributed by atoms with Gasteiger partial charge in [-0.2, -0.15) is 4.99 Å². The summed E-state index contributed by atoms with van der Waals surface area (Å²) in [6.45, 7) is 6.12. The van der Waals surface area contributed by atoms with Gasteiger partial charge in [-0.05, 0) is 51.2 Å². The van der Waals surface area contributed by atoms with E-state index in [1.165, 1.54) is 0 Å². The summed E-state index contributed by atoms with van der Waals surface area (Å²) < 4.78 is 27.5. The molecule has 0 saturated carbocycles. The molecule has 3 atom stereocenters. The number of benzene rings is 2. The SMILES string of the molecule is CCOC(=O)C(Cc1ccccc1)NP(=O)(CCC(=O)N1CCC(n2cnc(C)c2/N=C(/N)NC=O)C1)NC(Cc1ccccc1)C(=O)OCC. The standard InChI is InChI=1S/C35H47N8O7P/c1-4-49-33(46)29(20-26-12-8-6-9-13-26)40-51(48,41-30(34(47)50-5-2)21-27-14-10-7-11-15-27)19-17-31(45)42-18-16-28(22-42)43-23-37-25(3)32(43)39-35(36)38-24-44/h6-15,23-24,28-30H,4-5,16-22H2,1-3H3,(H2,40,41,48)(H3,36,38,39,44). The molecule has 2 aromatic carbocycles. The number of carbonyl (C=O) groups is 4. The minimum Gasteiger partial charge on any atom is -0.465 e. The summed E-state index contributed by atoms with van der Waals surface area (Å²) in [5.74, 6) is -1.09. The quantitative estimate of drug-likeness (QED) is 0.0495. The van der Waals surface area contributed by atoms with Crippen molar-refractivity contribution in [2.24, 2.45) is 10.7 Å². The molecule has 0 spiro atoms. The lowest BCUT2D eigenvalue weighted by Crippen LogP contribution is -2.46. The molecule has 5 N–H and O–H groups in total. The zero-order valence-electron chi connectivity index (χ0n) is 29.2. The largest absolute Gasteiger partial charge is 0.465 e. The van der Waals surface area contributed by atoms with E-state index >= 15 is 0 Å². The van der Waals surface area contributed by atoms with Crippen molar-refractivity contribution in [1.82, 2.24) is 29.9 Å². The monoisotopic (exact) mass is 722 g/mol. The van der Waals surface area contributed by atoms with Crippen molar-refractivity contribution >= 4 is 43.5 Å². The summed E-state index contributed by atoms with van der Waals surface area (Å²) in [6.07, 6.45) is 2.64. The number of rotatable bonds is 18. The first-order valence-electron chi connectivity index (χ1n) is 17.0. The fourth-order valence-electron chi connectivity index (χ4n) is 5.89. The van der Waals surface area contributed by atoms with E-state index in [0.29, 0.717) is 37.4 Å². The van der Waals surface area contributed by atoms with Crippen LogP contribution in [0.2, 0.25) is 0 Å². The molecule has 2 heterocycles. The van der Waals surface area contributed by atoms with Gasteiger partial charge in [-0.25, -0.2) is 15.2 Å². The highest BCUT2D eigenvalue weighted by Crippen LogP contribution is 2.40. The van der Waals surface area contributed by atoms with Crippen LogP contribution in [0.5, 0.6) is 0 Å². The van der Waals surface area contributed by atoms with E-state index < -0.39 is 31.5 Å². The summed E-state index contributed by atoms with van der Waals surface area (Å²) in [5, 5.41) is 8.35. The van der Waals surface area contributed by atoms with Gasteiger partial charge in [0.2, 0.25) is 25.7 Å². The van der Waals surface area contributed by atoms with Crippen LogP contribution in [0.15, 0.2) is 72.0 Å². The van der Waals surface area contributed by atoms with Gasteiger partial charge in [0.25, 0.3) is 0 Å². The van der Waals surface area contributed by atoms with Gasteiger partial charge in [-0.3, -0.25) is 29.1 Å². The smallest absolute Gasteiger partial charge is 0.323 e. The fourth-order valence-corrected chi connectivity index (χ4v) is 8.12. The van der Waals surface area contributed by atoms with Crippen molar-refractivity contribution in [3.05, 3.63) is 83.8 Å². The Bertz CT molecular complexity index is 1630. The molecular formula is C35H47N8O7P. The molecular weight excluding hydrogens is 675 g/mol. The Morgan fingerprint density at radius 1 is 0.980 bits per heavy atom. The lowest BCUT2D eigenvalue weighted by atomic mass is 10.1. The van der Waals surface area contributed by atoms with Crippen molar-refractivity contribution in [2.75, 3.05) is 32.5 Å². The van der Waals surface area contributed by atoms with Crippen LogP contribution in [-0.2, 0) is 46.1 Å².